The molecule has 9 heteroatoms. The summed E-state index contributed by atoms with van der Waals surface area (Å²) in [6.07, 6.45) is 1.68. The Balaban J connectivity index is 1.95. The molecule has 0 aromatic carbocycles. The van der Waals surface area contributed by atoms with Gasteiger partial charge in [0.25, 0.3) is 5.56 Å². The lowest BCUT2D eigenvalue weighted by molar-refractivity contribution is -0.139. The Kier molecular flexibility index (Phi) is 5.22. The fourth-order valence-corrected chi connectivity index (χ4v) is 5.21. The summed E-state index contributed by atoms with van der Waals surface area (Å²) < 4.78 is 13.4. The van der Waals surface area contributed by atoms with Gasteiger partial charge in [0.2, 0.25) is 0 Å². The summed E-state index contributed by atoms with van der Waals surface area (Å²) in [6, 6.07) is 6.79. The predicted octanol–water partition coefficient (Wildman–Crippen LogP) is 3.22. The molecule has 0 amide bonds. The zero-order chi connectivity index (χ0) is 19.8. The number of halogens is 1. The Hall–Kier alpha value is -2.23. The largest absolute Gasteiger partial charge is 0.463 e. The van der Waals surface area contributed by atoms with E-state index < -0.39 is 12.0 Å². The lowest BCUT2D eigenvalue weighted by atomic mass is 10.0. The summed E-state index contributed by atoms with van der Waals surface area (Å²) in [6.45, 7) is 3.78. The first-order valence-electron chi connectivity index (χ1n) is 8.48. The highest BCUT2D eigenvalue weighted by atomic mass is 79.9. The number of aromatic nitrogens is 1. The van der Waals surface area contributed by atoms with Gasteiger partial charge in [-0.05, 0) is 53.4 Å². The number of allylic oxidation sites excluding steroid dienone is 1. The smallest absolute Gasteiger partial charge is 0.338 e. The highest BCUT2D eigenvalue weighted by Crippen LogP contribution is 2.33. The number of carbonyl (C=O) groups excluding carboxylic acids is 1. The maximum absolute atomic E-state index is 13.2. The van der Waals surface area contributed by atoms with Crippen LogP contribution in [-0.4, -0.2) is 17.1 Å². The van der Waals surface area contributed by atoms with Gasteiger partial charge >= 0.3 is 5.97 Å². The van der Waals surface area contributed by atoms with Gasteiger partial charge in [-0.2, -0.15) is 0 Å². The number of rotatable bonds is 4. The average molecular weight is 479 g/mol. The minimum atomic E-state index is -0.555. The molecule has 1 unspecified atom stereocenters. The van der Waals surface area contributed by atoms with E-state index in [-0.39, 0.29) is 12.2 Å². The monoisotopic (exact) mass is 478 g/mol. The number of hydrogen-bond acceptors (Lipinski definition) is 7. The third kappa shape index (κ3) is 3.34. The van der Waals surface area contributed by atoms with Crippen molar-refractivity contribution in [2.75, 3.05) is 6.61 Å². The molecule has 0 saturated heterocycles. The zero-order valence-electron chi connectivity index (χ0n) is 15.0. The molecule has 28 heavy (non-hydrogen) atoms. The Labute approximate surface area is 176 Å². The van der Waals surface area contributed by atoms with Crippen LogP contribution in [-0.2, 0) is 9.53 Å². The van der Waals surface area contributed by atoms with Crippen LogP contribution < -0.4 is 14.9 Å². The molecule has 4 heterocycles. The number of carbonyl (C=O) groups is 1. The van der Waals surface area contributed by atoms with Gasteiger partial charge in [-0.15, -0.1) is 11.3 Å². The Morgan fingerprint density at radius 3 is 2.89 bits per heavy atom. The molecular weight excluding hydrogens is 464 g/mol. The van der Waals surface area contributed by atoms with Gasteiger partial charge in [0.05, 0.1) is 22.4 Å². The number of nitrogens with zero attached hydrogens (tertiary/aromatic N) is 2. The van der Waals surface area contributed by atoms with Gasteiger partial charge in [0.15, 0.2) is 9.47 Å². The van der Waals surface area contributed by atoms with E-state index in [0.29, 0.717) is 31.0 Å². The second-order valence-corrected chi connectivity index (χ2v) is 8.73. The number of esters is 1. The van der Waals surface area contributed by atoms with E-state index in [1.807, 2.05) is 17.5 Å². The lowest BCUT2D eigenvalue weighted by Crippen LogP contribution is -2.39. The first kappa shape index (κ1) is 19.1. The second-order valence-electron chi connectivity index (χ2n) is 5.96. The van der Waals surface area contributed by atoms with Crippen LogP contribution in [0.5, 0.6) is 0 Å². The van der Waals surface area contributed by atoms with Crippen molar-refractivity contribution in [3.05, 3.63) is 75.9 Å². The fraction of sp³-hybridized carbons (Fsp3) is 0.211. The van der Waals surface area contributed by atoms with Gasteiger partial charge in [-0.1, -0.05) is 17.4 Å². The standard InChI is InChI=1S/C19H15BrN2O4S2/c1-3-25-18(24)15-10(2)21-19-22(16(15)12-5-4-8-27-12)17(23)13(28-19)9-11-6-7-14(20)26-11/h4-9,16H,3H2,1-2H3. The number of thiazole rings is 1. The molecule has 0 aliphatic carbocycles. The van der Waals surface area contributed by atoms with Crippen LogP contribution in [0.3, 0.4) is 0 Å². The van der Waals surface area contributed by atoms with Crippen molar-refractivity contribution in [2.24, 2.45) is 4.99 Å². The fourth-order valence-electron chi connectivity index (χ4n) is 3.04. The first-order chi connectivity index (χ1) is 13.5. The van der Waals surface area contributed by atoms with Gasteiger partial charge in [-0.3, -0.25) is 9.36 Å². The number of hydrogen-bond donors (Lipinski definition) is 0. The first-order valence-corrected chi connectivity index (χ1v) is 11.0. The molecule has 3 aromatic heterocycles. The van der Waals surface area contributed by atoms with Crippen molar-refractivity contribution in [2.45, 2.75) is 19.9 Å². The normalized spacial score (nSPS) is 16.8. The van der Waals surface area contributed by atoms with Crippen LogP contribution in [0.25, 0.3) is 6.08 Å². The summed E-state index contributed by atoms with van der Waals surface area (Å²) in [4.78, 5) is 31.8. The minimum Gasteiger partial charge on any atom is -0.463 e. The van der Waals surface area contributed by atoms with Crippen LogP contribution in [0.15, 0.2) is 59.8 Å². The van der Waals surface area contributed by atoms with E-state index in [9.17, 15) is 9.59 Å². The zero-order valence-corrected chi connectivity index (χ0v) is 18.2. The van der Waals surface area contributed by atoms with E-state index in [2.05, 4.69) is 20.9 Å². The molecule has 4 rings (SSSR count). The minimum absolute atomic E-state index is 0.219. The molecule has 1 aliphatic heterocycles. The molecule has 0 bridgehead atoms. The molecule has 6 nitrogen and oxygen atoms in total. The maximum atomic E-state index is 13.2. The average Bonchev–Trinajstić information content (AvgIpc) is 3.37. The Morgan fingerprint density at radius 1 is 1.43 bits per heavy atom. The number of fused-ring (bicyclic) bond motifs is 1. The van der Waals surface area contributed by atoms with Crippen molar-refractivity contribution < 1.29 is 13.9 Å². The molecule has 0 spiro atoms. The summed E-state index contributed by atoms with van der Waals surface area (Å²) in [5, 5.41) is 1.92. The number of ether oxygens (including phenoxy) is 1. The second kappa shape index (κ2) is 7.65. The van der Waals surface area contributed by atoms with Crippen LogP contribution in [0.4, 0.5) is 0 Å². The summed E-state index contributed by atoms with van der Waals surface area (Å²) >= 11 is 6.02. The third-order valence-corrected chi connectivity index (χ3v) is 6.53. The molecule has 0 radical (unpaired) electrons. The maximum Gasteiger partial charge on any atom is 0.338 e. The van der Waals surface area contributed by atoms with E-state index in [0.717, 1.165) is 4.88 Å². The summed E-state index contributed by atoms with van der Waals surface area (Å²) in [7, 11) is 0. The van der Waals surface area contributed by atoms with Crippen LogP contribution in [0.1, 0.15) is 30.5 Å². The Morgan fingerprint density at radius 2 is 2.25 bits per heavy atom. The van der Waals surface area contributed by atoms with Crippen LogP contribution in [0.2, 0.25) is 0 Å². The predicted molar refractivity (Wildman–Crippen MR) is 111 cm³/mol. The quantitative estimate of drug-likeness (QED) is 0.539. The highest BCUT2D eigenvalue weighted by molar-refractivity contribution is 9.10. The van der Waals surface area contributed by atoms with Gasteiger partial charge < -0.3 is 9.15 Å². The van der Waals surface area contributed by atoms with Crippen LogP contribution in [0, 0.1) is 0 Å². The van der Waals surface area contributed by atoms with Crippen molar-refractivity contribution in [1.82, 2.24) is 4.57 Å². The highest BCUT2D eigenvalue weighted by Gasteiger charge is 2.33. The van der Waals surface area contributed by atoms with Crippen LogP contribution >= 0.6 is 38.6 Å². The molecule has 0 saturated carbocycles. The Bertz CT molecular complexity index is 1250. The van der Waals surface area contributed by atoms with E-state index in [1.165, 1.54) is 22.7 Å². The number of thiophene rings is 1. The van der Waals surface area contributed by atoms with E-state index in [4.69, 9.17) is 9.15 Å². The molecular formula is C19H15BrN2O4S2. The molecule has 0 fully saturated rings. The molecule has 3 aromatic rings. The van der Waals surface area contributed by atoms with Gasteiger partial charge in [0, 0.05) is 11.0 Å². The van der Waals surface area contributed by atoms with Gasteiger partial charge in [-0.25, -0.2) is 9.79 Å². The summed E-state index contributed by atoms with van der Waals surface area (Å²) in [5.74, 6) is 0.109. The topological polar surface area (TPSA) is 73.8 Å². The lowest BCUT2D eigenvalue weighted by Gasteiger charge is -2.23. The van der Waals surface area contributed by atoms with Crippen molar-refractivity contribution in [3.63, 3.8) is 0 Å². The summed E-state index contributed by atoms with van der Waals surface area (Å²) in [5.41, 5.74) is 0.735. The molecule has 144 valence electrons. The SMILES string of the molecule is CCOC(=O)C1=C(C)N=c2sc(=Cc3ccc(Br)o3)c(=O)n2C1c1cccs1. The van der Waals surface area contributed by atoms with Crippen molar-refractivity contribution in [1.29, 1.82) is 0 Å². The van der Waals surface area contributed by atoms with Gasteiger partial charge in [0.1, 0.15) is 11.8 Å². The molecule has 0 N–H and O–H groups in total. The third-order valence-electron chi connectivity index (χ3n) is 4.20. The molecule has 1 aliphatic rings. The van der Waals surface area contributed by atoms with E-state index >= 15 is 0 Å². The molecule has 1 atom stereocenters. The van der Waals surface area contributed by atoms with Crippen molar-refractivity contribution >= 4 is 50.6 Å². The number of furan rings is 1. The van der Waals surface area contributed by atoms with E-state index in [1.54, 1.807) is 36.6 Å². The van der Waals surface area contributed by atoms with Crippen molar-refractivity contribution in [3.8, 4) is 0 Å².